The number of carbonyl (C=O) groups is 1. The Morgan fingerprint density at radius 2 is 1.94 bits per heavy atom. The van der Waals surface area contributed by atoms with Gasteiger partial charge in [0.15, 0.2) is 5.76 Å². The molecule has 1 aliphatic rings. The summed E-state index contributed by atoms with van der Waals surface area (Å²) in [5, 5.41) is 11.8. The number of piperidine rings is 1. The van der Waals surface area contributed by atoms with Crippen LogP contribution in [-0.4, -0.2) is 33.9 Å². The Morgan fingerprint density at radius 1 is 1.16 bits per heavy atom. The molecule has 0 unspecified atom stereocenters. The fourth-order valence-corrected chi connectivity index (χ4v) is 3.74. The largest absolute Gasteiger partial charge is 0.459 e. The SMILES string of the molecule is O=C(NNc1ncnc(N2CCC(Cc3ccccc3)CC2)c1[N+](=O)[O-])c1ccco1. The van der Waals surface area contributed by atoms with E-state index in [1.807, 2.05) is 23.1 Å². The third kappa shape index (κ3) is 4.80. The van der Waals surface area contributed by atoms with Crippen molar-refractivity contribution in [3.8, 4) is 0 Å². The molecule has 0 spiro atoms. The fourth-order valence-electron chi connectivity index (χ4n) is 3.74. The van der Waals surface area contributed by atoms with Crippen LogP contribution in [0.5, 0.6) is 0 Å². The van der Waals surface area contributed by atoms with Crippen molar-refractivity contribution in [2.24, 2.45) is 5.92 Å². The third-order valence-electron chi connectivity index (χ3n) is 5.31. The van der Waals surface area contributed by atoms with E-state index < -0.39 is 10.8 Å². The molecule has 1 aliphatic heterocycles. The van der Waals surface area contributed by atoms with E-state index in [0.717, 1.165) is 19.3 Å². The molecule has 3 aromatic rings. The minimum Gasteiger partial charge on any atom is -0.459 e. The Hall–Kier alpha value is -3.95. The van der Waals surface area contributed by atoms with Crippen LogP contribution in [0, 0.1) is 16.0 Å². The maximum Gasteiger partial charge on any atom is 0.355 e. The van der Waals surface area contributed by atoms with Crippen molar-refractivity contribution in [2.75, 3.05) is 23.4 Å². The Balaban J connectivity index is 1.44. The highest BCUT2D eigenvalue weighted by Gasteiger charge is 2.30. The number of hydrazine groups is 1. The summed E-state index contributed by atoms with van der Waals surface area (Å²) < 4.78 is 5.01. The summed E-state index contributed by atoms with van der Waals surface area (Å²) in [7, 11) is 0. The van der Waals surface area contributed by atoms with Gasteiger partial charge in [0.25, 0.3) is 0 Å². The molecule has 0 atom stereocenters. The van der Waals surface area contributed by atoms with E-state index >= 15 is 0 Å². The van der Waals surface area contributed by atoms with Gasteiger partial charge in [0.1, 0.15) is 6.33 Å². The number of aromatic nitrogens is 2. The van der Waals surface area contributed by atoms with Crippen LogP contribution in [0.4, 0.5) is 17.3 Å². The molecule has 0 bridgehead atoms. The second kappa shape index (κ2) is 9.24. The lowest BCUT2D eigenvalue weighted by molar-refractivity contribution is -0.383. The van der Waals surface area contributed by atoms with Gasteiger partial charge >= 0.3 is 11.6 Å². The Morgan fingerprint density at radius 3 is 2.61 bits per heavy atom. The van der Waals surface area contributed by atoms with Gasteiger partial charge in [-0.3, -0.25) is 25.8 Å². The van der Waals surface area contributed by atoms with E-state index in [1.54, 1.807) is 6.07 Å². The van der Waals surface area contributed by atoms with Gasteiger partial charge in [-0.1, -0.05) is 30.3 Å². The number of furan rings is 1. The van der Waals surface area contributed by atoms with Gasteiger partial charge in [0.2, 0.25) is 11.6 Å². The number of carbonyl (C=O) groups excluding carboxylic acids is 1. The highest BCUT2D eigenvalue weighted by atomic mass is 16.6. The second-order valence-corrected chi connectivity index (χ2v) is 7.33. The molecule has 0 saturated carbocycles. The van der Waals surface area contributed by atoms with Gasteiger partial charge in [0, 0.05) is 13.1 Å². The summed E-state index contributed by atoms with van der Waals surface area (Å²) in [6, 6.07) is 13.4. The fraction of sp³-hybridized carbons (Fsp3) is 0.286. The van der Waals surface area contributed by atoms with Crippen molar-refractivity contribution in [3.63, 3.8) is 0 Å². The second-order valence-electron chi connectivity index (χ2n) is 7.33. The van der Waals surface area contributed by atoms with Gasteiger partial charge < -0.3 is 9.32 Å². The van der Waals surface area contributed by atoms with Gasteiger partial charge in [-0.25, -0.2) is 9.97 Å². The quantitative estimate of drug-likeness (QED) is 0.439. The summed E-state index contributed by atoms with van der Waals surface area (Å²) >= 11 is 0. The molecule has 4 rings (SSSR count). The number of amides is 1. The first-order chi connectivity index (χ1) is 15.1. The van der Waals surface area contributed by atoms with Crippen LogP contribution in [0.15, 0.2) is 59.5 Å². The average Bonchev–Trinajstić information content (AvgIpc) is 3.33. The van der Waals surface area contributed by atoms with E-state index in [-0.39, 0.29) is 23.1 Å². The first-order valence-corrected chi connectivity index (χ1v) is 10.00. The van der Waals surface area contributed by atoms with Gasteiger partial charge in [-0.2, -0.15) is 0 Å². The van der Waals surface area contributed by atoms with E-state index in [4.69, 9.17) is 4.42 Å². The first-order valence-electron chi connectivity index (χ1n) is 10.00. The molecular formula is C21H22N6O4. The van der Waals surface area contributed by atoms with E-state index in [2.05, 4.69) is 33.0 Å². The highest BCUT2D eigenvalue weighted by Crippen LogP contribution is 2.34. The zero-order chi connectivity index (χ0) is 21.6. The number of nitro groups is 1. The predicted octanol–water partition coefficient (Wildman–Crippen LogP) is 3.19. The molecule has 1 saturated heterocycles. The van der Waals surface area contributed by atoms with Gasteiger partial charge in [0.05, 0.1) is 11.2 Å². The van der Waals surface area contributed by atoms with E-state index in [1.165, 1.54) is 24.2 Å². The number of nitrogens with zero attached hydrogens (tertiary/aromatic N) is 4. The molecule has 2 N–H and O–H groups in total. The van der Waals surface area contributed by atoms with Crippen LogP contribution in [0.2, 0.25) is 0 Å². The smallest absolute Gasteiger partial charge is 0.355 e. The molecule has 31 heavy (non-hydrogen) atoms. The third-order valence-corrected chi connectivity index (χ3v) is 5.31. The van der Waals surface area contributed by atoms with Crippen molar-refractivity contribution in [1.82, 2.24) is 15.4 Å². The average molecular weight is 422 g/mol. The summed E-state index contributed by atoms with van der Waals surface area (Å²) in [4.78, 5) is 33.3. The Kier molecular flexibility index (Phi) is 6.06. The Bertz CT molecular complexity index is 1030. The topological polar surface area (TPSA) is 126 Å². The number of anilines is 2. The number of benzene rings is 1. The van der Waals surface area contributed by atoms with Gasteiger partial charge in [-0.15, -0.1) is 0 Å². The highest BCUT2D eigenvalue weighted by molar-refractivity contribution is 5.92. The minimum atomic E-state index is -0.568. The Labute approximate surface area is 178 Å². The van der Waals surface area contributed by atoms with Crippen molar-refractivity contribution < 1.29 is 14.1 Å². The summed E-state index contributed by atoms with van der Waals surface area (Å²) in [5.41, 5.74) is 5.91. The lowest BCUT2D eigenvalue weighted by Gasteiger charge is -2.32. The van der Waals surface area contributed by atoms with E-state index in [9.17, 15) is 14.9 Å². The molecule has 1 aromatic carbocycles. The summed E-state index contributed by atoms with van der Waals surface area (Å²) in [6.07, 6.45) is 5.43. The molecule has 0 radical (unpaired) electrons. The zero-order valence-corrected chi connectivity index (χ0v) is 16.7. The number of hydrogen-bond donors (Lipinski definition) is 2. The molecule has 0 aliphatic carbocycles. The van der Waals surface area contributed by atoms with Crippen molar-refractivity contribution in [2.45, 2.75) is 19.3 Å². The first kappa shape index (κ1) is 20.3. The number of nitrogens with one attached hydrogen (secondary N) is 2. The number of rotatable bonds is 7. The lowest BCUT2D eigenvalue weighted by atomic mass is 9.90. The molecule has 160 valence electrons. The van der Waals surface area contributed by atoms with Crippen LogP contribution >= 0.6 is 0 Å². The number of hydrogen-bond acceptors (Lipinski definition) is 8. The molecule has 1 fully saturated rings. The monoisotopic (exact) mass is 422 g/mol. The van der Waals surface area contributed by atoms with E-state index in [0.29, 0.717) is 19.0 Å². The molecule has 3 heterocycles. The molecular weight excluding hydrogens is 400 g/mol. The summed E-state index contributed by atoms with van der Waals surface area (Å²) in [6.45, 7) is 1.32. The van der Waals surface area contributed by atoms with Crippen LogP contribution < -0.4 is 15.8 Å². The summed E-state index contributed by atoms with van der Waals surface area (Å²) in [5.74, 6) is 0.185. The van der Waals surface area contributed by atoms with Gasteiger partial charge in [-0.05, 0) is 42.9 Å². The normalized spacial score (nSPS) is 14.3. The van der Waals surface area contributed by atoms with Crippen molar-refractivity contribution in [1.29, 1.82) is 0 Å². The predicted molar refractivity (Wildman–Crippen MR) is 114 cm³/mol. The molecule has 1 amide bonds. The molecule has 2 aromatic heterocycles. The molecule has 10 nitrogen and oxygen atoms in total. The van der Waals surface area contributed by atoms with Crippen LogP contribution in [-0.2, 0) is 6.42 Å². The molecule has 10 heteroatoms. The van der Waals surface area contributed by atoms with Crippen LogP contribution in [0.25, 0.3) is 0 Å². The maximum absolute atomic E-state index is 12.0. The van der Waals surface area contributed by atoms with Crippen LogP contribution in [0.1, 0.15) is 29.0 Å². The van der Waals surface area contributed by atoms with Crippen LogP contribution in [0.3, 0.4) is 0 Å². The minimum absolute atomic E-state index is 0.0740. The zero-order valence-electron chi connectivity index (χ0n) is 16.7. The standard InChI is InChI=1S/C21H22N6O4/c28-21(17-7-4-12-31-17)25-24-19-18(27(29)30)20(23-14-22-19)26-10-8-16(9-11-26)13-15-5-2-1-3-6-15/h1-7,12,14,16H,8-11,13H2,(H,25,28)(H,22,23,24). The van der Waals surface area contributed by atoms with Crippen molar-refractivity contribution in [3.05, 3.63) is 76.5 Å². The maximum atomic E-state index is 12.0. The lowest BCUT2D eigenvalue weighted by Crippen LogP contribution is -2.36. The van der Waals surface area contributed by atoms with Crippen molar-refractivity contribution >= 4 is 23.2 Å².